The first-order valence-electron chi connectivity index (χ1n) is 18.0. The molecule has 53 heavy (non-hydrogen) atoms. The number of nitrogens with zero attached hydrogens (tertiary/aromatic N) is 8. The molecule has 6 aromatic heterocycles. The minimum Gasteiger partial charge on any atom is -0.367 e. The van der Waals surface area contributed by atoms with E-state index in [4.69, 9.17) is 24.9 Å². The molecule has 1 fully saturated rings. The Morgan fingerprint density at radius 3 is 2.47 bits per heavy atom. The number of carbonyl (C=O) groups is 1. The van der Waals surface area contributed by atoms with E-state index in [1.165, 1.54) is 0 Å². The molecule has 7 heterocycles. The SMILES string of the molecule is CCN(CC)CCC(C)Nc1nc(-c2ccccn2)nc2sc(-c3ccnc(-c4nc(N5CCNC(=O)C5)c5c(-c6ccccc6)csc5n4)c3)cc12. The van der Waals surface area contributed by atoms with Crippen LogP contribution in [0.15, 0.2) is 84.5 Å². The monoisotopic (exact) mass is 740 g/mol. The summed E-state index contributed by atoms with van der Waals surface area (Å²) >= 11 is 3.19. The zero-order valence-electron chi connectivity index (χ0n) is 29.9. The van der Waals surface area contributed by atoms with Crippen LogP contribution in [0.25, 0.3) is 65.0 Å². The standard InChI is InChI=1S/C40H40N10OS2/c1-4-49(5-2)19-15-25(3)44-35-28-22-32(53-39(28)47-36(45-35)30-13-9-10-16-41-30)27-14-17-42-31(21-27)37-46-38(50-20-18-43-33(51)23-50)34-29(24-52-40(34)48-37)26-11-7-6-8-12-26/h6-14,16-17,21-22,24-25H,4-5,15,18-20,23H2,1-3H3,(H,43,51)(H,44,45,47). The van der Waals surface area contributed by atoms with E-state index in [1.807, 2.05) is 48.5 Å². The Morgan fingerprint density at radius 2 is 1.68 bits per heavy atom. The third kappa shape index (κ3) is 7.32. The van der Waals surface area contributed by atoms with Gasteiger partial charge in [0.2, 0.25) is 5.91 Å². The van der Waals surface area contributed by atoms with Gasteiger partial charge in [0.15, 0.2) is 11.6 Å². The van der Waals surface area contributed by atoms with Crippen molar-refractivity contribution in [3.63, 3.8) is 0 Å². The van der Waals surface area contributed by atoms with Crippen LogP contribution >= 0.6 is 22.7 Å². The van der Waals surface area contributed by atoms with Crippen LogP contribution in [0.2, 0.25) is 0 Å². The first-order chi connectivity index (χ1) is 26.0. The third-order valence-electron chi connectivity index (χ3n) is 9.55. The van der Waals surface area contributed by atoms with Gasteiger partial charge in [0, 0.05) is 53.9 Å². The number of amides is 1. The number of carbonyl (C=O) groups excluding carboxylic acids is 1. The van der Waals surface area contributed by atoms with Crippen molar-refractivity contribution >= 4 is 60.6 Å². The van der Waals surface area contributed by atoms with Crippen molar-refractivity contribution in [3.8, 4) is 44.6 Å². The fourth-order valence-electron chi connectivity index (χ4n) is 6.63. The summed E-state index contributed by atoms with van der Waals surface area (Å²) in [5, 5.41) is 10.7. The van der Waals surface area contributed by atoms with Gasteiger partial charge in [0.25, 0.3) is 0 Å². The van der Waals surface area contributed by atoms with Crippen LogP contribution in [0.1, 0.15) is 27.2 Å². The molecule has 0 radical (unpaired) electrons. The fourth-order valence-corrected chi connectivity index (χ4v) is 8.60. The Kier molecular flexibility index (Phi) is 10.0. The van der Waals surface area contributed by atoms with Crippen LogP contribution in [0.4, 0.5) is 11.6 Å². The van der Waals surface area contributed by atoms with Crippen LogP contribution < -0.4 is 15.5 Å². The Labute approximate surface area is 316 Å². The summed E-state index contributed by atoms with van der Waals surface area (Å²) in [7, 11) is 0. The number of rotatable bonds is 12. The second-order valence-electron chi connectivity index (χ2n) is 13.1. The summed E-state index contributed by atoms with van der Waals surface area (Å²) in [5.41, 5.74) is 4.51. The van der Waals surface area contributed by atoms with Crippen molar-refractivity contribution in [2.45, 2.75) is 33.2 Å². The number of fused-ring (bicyclic) bond motifs is 2. The highest BCUT2D eigenvalue weighted by Gasteiger charge is 2.25. The molecule has 0 aliphatic carbocycles. The number of nitrogens with one attached hydrogen (secondary N) is 2. The van der Waals surface area contributed by atoms with Crippen molar-refractivity contribution in [3.05, 3.63) is 84.5 Å². The van der Waals surface area contributed by atoms with E-state index in [0.29, 0.717) is 30.4 Å². The number of pyridine rings is 2. The smallest absolute Gasteiger partial charge is 0.239 e. The third-order valence-corrected chi connectivity index (χ3v) is 11.5. The number of thiophene rings is 2. The van der Waals surface area contributed by atoms with Crippen LogP contribution in [-0.2, 0) is 4.79 Å². The summed E-state index contributed by atoms with van der Waals surface area (Å²) < 4.78 is 0. The molecule has 11 nitrogen and oxygen atoms in total. The van der Waals surface area contributed by atoms with Crippen LogP contribution in [0.5, 0.6) is 0 Å². The number of hydrogen-bond donors (Lipinski definition) is 2. The molecule has 1 aliphatic rings. The molecular formula is C40H40N10OS2. The molecule has 8 rings (SSSR count). The van der Waals surface area contributed by atoms with Crippen LogP contribution in [-0.4, -0.2) is 86.0 Å². The molecule has 0 saturated carbocycles. The molecule has 0 bridgehead atoms. The van der Waals surface area contributed by atoms with Gasteiger partial charge in [-0.2, -0.15) is 0 Å². The fraction of sp³-hybridized carbons (Fsp3) is 0.275. The molecule has 1 atom stereocenters. The van der Waals surface area contributed by atoms with Crippen LogP contribution in [0.3, 0.4) is 0 Å². The van der Waals surface area contributed by atoms with Crippen molar-refractivity contribution in [1.82, 2.24) is 40.1 Å². The lowest BCUT2D eigenvalue weighted by Gasteiger charge is -2.28. The molecule has 1 aliphatic heterocycles. The summed E-state index contributed by atoms with van der Waals surface area (Å²) in [6.45, 7) is 11.1. The van der Waals surface area contributed by atoms with Crippen LogP contribution in [0, 0.1) is 0 Å². The molecular weight excluding hydrogens is 701 g/mol. The summed E-state index contributed by atoms with van der Waals surface area (Å²) in [5.74, 6) is 2.64. The molecule has 1 aromatic carbocycles. The quantitative estimate of drug-likeness (QED) is 0.129. The van der Waals surface area contributed by atoms with E-state index in [9.17, 15) is 4.79 Å². The Hall–Kier alpha value is -5.37. The maximum absolute atomic E-state index is 12.6. The second kappa shape index (κ2) is 15.3. The van der Waals surface area contributed by atoms with Gasteiger partial charge in [0.05, 0.1) is 17.3 Å². The zero-order chi connectivity index (χ0) is 36.3. The first-order valence-corrected chi connectivity index (χ1v) is 19.7. The largest absolute Gasteiger partial charge is 0.367 e. The normalized spacial score (nSPS) is 13.9. The maximum Gasteiger partial charge on any atom is 0.239 e. The van der Waals surface area contributed by atoms with Gasteiger partial charge < -0.3 is 20.4 Å². The van der Waals surface area contributed by atoms with Gasteiger partial charge in [0.1, 0.15) is 32.7 Å². The van der Waals surface area contributed by atoms with E-state index in [2.05, 4.69) is 69.8 Å². The number of anilines is 2. The molecule has 1 amide bonds. The Morgan fingerprint density at radius 1 is 0.887 bits per heavy atom. The highest BCUT2D eigenvalue weighted by molar-refractivity contribution is 7.22. The molecule has 13 heteroatoms. The minimum atomic E-state index is -0.0209. The molecule has 7 aromatic rings. The second-order valence-corrected chi connectivity index (χ2v) is 15.0. The molecule has 2 N–H and O–H groups in total. The number of hydrogen-bond acceptors (Lipinski definition) is 12. The van der Waals surface area contributed by atoms with Gasteiger partial charge in [-0.05, 0) is 67.9 Å². The van der Waals surface area contributed by atoms with Crippen molar-refractivity contribution < 1.29 is 4.79 Å². The summed E-state index contributed by atoms with van der Waals surface area (Å²) in [6, 6.07) is 22.5. The molecule has 0 spiro atoms. The lowest BCUT2D eigenvalue weighted by Crippen LogP contribution is -2.48. The number of benzene rings is 1. The minimum absolute atomic E-state index is 0.0209. The van der Waals surface area contributed by atoms with Gasteiger partial charge in [-0.25, -0.2) is 19.9 Å². The Bertz CT molecular complexity index is 2380. The van der Waals surface area contributed by atoms with E-state index in [1.54, 1.807) is 35.1 Å². The van der Waals surface area contributed by atoms with Gasteiger partial charge in [-0.3, -0.25) is 14.8 Å². The number of piperazine rings is 1. The molecule has 1 unspecified atom stereocenters. The van der Waals surface area contributed by atoms with Crippen molar-refractivity contribution in [2.75, 3.05) is 49.5 Å². The zero-order valence-corrected chi connectivity index (χ0v) is 31.5. The summed E-state index contributed by atoms with van der Waals surface area (Å²) in [6.07, 6.45) is 4.56. The van der Waals surface area contributed by atoms with E-state index in [0.717, 1.165) is 85.4 Å². The van der Waals surface area contributed by atoms with Gasteiger partial charge in [-0.15, -0.1) is 22.7 Å². The molecule has 1 saturated heterocycles. The number of aromatic nitrogens is 6. The predicted octanol–water partition coefficient (Wildman–Crippen LogP) is 7.62. The maximum atomic E-state index is 12.6. The molecule has 268 valence electrons. The van der Waals surface area contributed by atoms with E-state index < -0.39 is 0 Å². The predicted molar refractivity (Wildman–Crippen MR) is 216 cm³/mol. The van der Waals surface area contributed by atoms with Crippen molar-refractivity contribution in [1.29, 1.82) is 0 Å². The highest BCUT2D eigenvalue weighted by atomic mass is 32.1. The lowest BCUT2D eigenvalue weighted by molar-refractivity contribution is -0.120. The average molecular weight is 741 g/mol. The average Bonchev–Trinajstić information content (AvgIpc) is 3.84. The van der Waals surface area contributed by atoms with Crippen molar-refractivity contribution in [2.24, 2.45) is 0 Å². The van der Waals surface area contributed by atoms with Gasteiger partial charge in [-0.1, -0.05) is 50.2 Å². The van der Waals surface area contributed by atoms with Gasteiger partial charge >= 0.3 is 0 Å². The summed E-state index contributed by atoms with van der Waals surface area (Å²) in [4.78, 5) is 49.3. The topological polar surface area (TPSA) is 125 Å². The first kappa shape index (κ1) is 34.7. The highest BCUT2D eigenvalue weighted by Crippen LogP contribution is 2.41. The van der Waals surface area contributed by atoms with E-state index in [-0.39, 0.29) is 18.5 Å². The Balaban J connectivity index is 1.18. The van der Waals surface area contributed by atoms with E-state index >= 15 is 0 Å². The lowest BCUT2D eigenvalue weighted by atomic mass is 10.1.